The molecule has 1 amide bonds. The summed E-state index contributed by atoms with van der Waals surface area (Å²) in [5, 5.41) is 3.94. The summed E-state index contributed by atoms with van der Waals surface area (Å²) < 4.78 is 11.1. The quantitative estimate of drug-likeness (QED) is 0.719. The van der Waals surface area contributed by atoms with Crippen LogP contribution in [0.5, 0.6) is 11.5 Å². The molecule has 0 bridgehead atoms. The van der Waals surface area contributed by atoms with Crippen LogP contribution in [-0.4, -0.2) is 24.8 Å². The molecule has 1 saturated heterocycles. The number of para-hydroxylation sites is 1. The molecule has 0 spiro atoms. The lowest BCUT2D eigenvalue weighted by molar-refractivity contribution is -0.115. The first-order chi connectivity index (χ1) is 13.0. The van der Waals surface area contributed by atoms with Crippen molar-refractivity contribution in [3.05, 3.63) is 57.5 Å². The van der Waals surface area contributed by atoms with E-state index < -0.39 is 0 Å². The number of carbonyl (C=O) groups excluding carboxylic acids is 1. The van der Waals surface area contributed by atoms with Crippen LogP contribution in [0.3, 0.4) is 0 Å². The van der Waals surface area contributed by atoms with Gasteiger partial charge in [-0.3, -0.25) is 4.79 Å². The van der Waals surface area contributed by atoms with Gasteiger partial charge in [-0.25, -0.2) is 4.99 Å². The highest BCUT2D eigenvalue weighted by atomic mass is 35.5. The van der Waals surface area contributed by atoms with Crippen LogP contribution in [0, 0.1) is 6.92 Å². The average molecular weight is 403 g/mol. The molecule has 0 atom stereocenters. The van der Waals surface area contributed by atoms with Crippen molar-refractivity contribution in [3.8, 4) is 11.5 Å². The van der Waals surface area contributed by atoms with Gasteiger partial charge in [-0.2, -0.15) is 0 Å². The average Bonchev–Trinajstić information content (AvgIpc) is 2.99. The summed E-state index contributed by atoms with van der Waals surface area (Å²) in [6.45, 7) is 4.33. The molecule has 27 heavy (non-hydrogen) atoms. The Bertz CT molecular complexity index is 941. The monoisotopic (exact) mass is 402 g/mol. The van der Waals surface area contributed by atoms with E-state index >= 15 is 0 Å². The number of thioether (sulfide) groups is 1. The third-order valence-electron chi connectivity index (χ3n) is 3.91. The van der Waals surface area contributed by atoms with Gasteiger partial charge in [-0.15, -0.1) is 0 Å². The van der Waals surface area contributed by atoms with Gasteiger partial charge in [0.25, 0.3) is 5.91 Å². The maximum Gasteiger partial charge on any atom is 0.264 e. The molecular formula is C20H19ClN2O3S. The van der Waals surface area contributed by atoms with Gasteiger partial charge in [0.15, 0.2) is 16.7 Å². The molecule has 0 radical (unpaired) electrons. The smallest absolute Gasteiger partial charge is 0.264 e. The van der Waals surface area contributed by atoms with Gasteiger partial charge in [-0.05, 0) is 55.4 Å². The highest BCUT2D eigenvalue weighted by molar-refractivity contribution is 8.18. The van der Waals surface area contributed by atoms with E-state index in [9.17, 15) is 4.79 Å². The van der Waals surface area contributed by atoms with Gasteiger partial charge in [-0.1, -0.05) is 29.8 Å². The number of amides is 1. The van der Waals surface area contributed by atoms with Gasteiger partial charge in [0.2, 0.25) is 0 Å². The Hall–Kier alpha value is -2.44. The molecule has 5 nitrogen and oxygen atoms in total. The number of hydrogen-bond donors (Lipinski definition) is 1. The zero-order valence-electron chi connectivity index (χ0n) is 15.2. The van der Waals surface area contributed by atoms with Crippen LogP contribution in [-0.2, 0) is 4.79 Å². The highest BCUT2D eigenvalue weighted by Crippen LogP contribution is 2.36. The normalized spacial score (nSPS) is 16.7. The molecule has 2 aromatic carbocycles. The summed E-state index contributed by atoms with van der Waals surface area (Å²) in [5.41, 5.74) is 2.36. The number of amidine groups is 1. The number of benzene rings is 2. The van der Waals surface area contributed by atoms with Crippen LogP contribution in [0.2, 0.25) is 5.02 Å². The molecule has 0 saturated carbocycles. The number of carbonyl (C=O) groups is 1. The van der Waals surface area contributed by atoms with E-state index in [1.165, 1.54) is 11.8 Å². The van der Waals surface area contributed by atoms with Crippen molar-refractivity contribution in [2.24, 2.45) is 4.99 Å². The minimum Gasteiger partial charge on any atom is -0.492 e. The molecule has 1 heterocycles. The van der Waals surface area contributed by atoms with Gasteiger partial charge in [0.1, 0.15) is 0 Å². The van der Waals surface area contributed by atoms with Crippen LogP contribution in [0.25, 0.3) is 6.08 Å². The number of nitrogens with one attached hydrogen (secondary N) is 1. The van der Waals surface area contributed by atoms with Gasteiger partial charge < -0.3 is 14.8 Å². The number of methoxy groups -OCH3 is 1. The molecule has 1 N–H and O–H groups in total. The maximum absolute atomic E-state index is 12.4. The number of rotatable bonds is 5. The Morgan fingerprint density at radius 1 is 1.26 bits per heavy atom. The number of hydrogen-bond acceptors (Lipinski definition) is 5. The van der Waals surface area contributed by atoms with Crippen LogP contribution in [0.4, 0.5) is 5.69 Å². The predicted octanol–water partition coefficient (Wildman–Crippen LogP) is 4.95. The fraction of sp³-hybridized carbons (Fsp3) is 0.200. The van der Waals surface area contributed by atoms with Crippen molar-refractivity contribution in [1.82, 2.24) is 5.32 Å². The number of halogens is 1. The third kappa shape index (κ3) is 4.28. The summed E-state index contributed by atoms with van der Waals surface area (Å²) in [5.74, 6) is 1.03. The molecule has 2 aromatic rings. The lowest BCUT2D eigenvalue weighted by Gasteiger charge is -2.11. The topological polar surface area (TPSA) is 59.9 Å². The lowest BCUT2D eigenvalue weighted by Crippen LogP contribution is -2.19. The van der Waals surface area contributed by atoms with Crippen molar-refractivity contribution < 1.29 is 14.3 Å². The Kier molecular flexibility index (Phi) is 6.08. The fourth-order valence-corrected chi connectivity index (χ4v) is 3.58. The molecule has 1 fully saturated rings. The van der Waals surface area contributed by atoms with Gasteiger partial charge in [0.05, 0.1) is 24.3 Å². The Labute approximate surface area is 167 Å². The minimum atomic E-state index is -0.206. The Balaban J connectivity index is 1.91. The van der Waals surface area contributed by atoms with E-state index in [1.54, 1.807) is 13.2 Å². The summed E-state index contributed by atoms with van der Waals surface area (Å²) in [6.07, 6.45) is 1.77. The van der Waals surface area contributed by atoms with Crippen LogP contribution >= 0.6 is 23.4 Å². The zero-order chi connectivity index (χ0) is 19.4. The molecular weight excluding hydrogens is 384 g/mol. The lowest BCUT2D eigenvalue weighted by atomic mass is 10.1. The first-order valence-electron chi connectivity index (χ1n) is 8.38. The van der Waals surface area contributed by atoms with Crippen LogP contribution in [0.15, 0.2) is 46.3 Å². The zero-order valence-corrected chi connectivity index (χ0v) is 16.8. The molecule has 140 valence electrons. The summed E-state index contributed by atoms with van der Waals surface area (Å²) in [4.78, 5) is 17.4. The molecule has 3 rings (SSSR count). The molecule has 0 aromatic heterocycles. The summed E-state index contributed by atoms with van der Waals surface area (Å²) in [7, 11) is 1.58. The van der Waals surface area contributed by atoms with Crippen molar-refractivity contribution in [3.63, 3.8) is 0 Å². The Morgan fingerprint density at radius 2 is 2.04 bits per heavy atom. The molecule has 7 heteroatoms. The van der Waals surface area contributed by atoms with Gasteiger partial charge in [0, 0.05) is 10.6 Å². The van der Waals surface area contributed by atoms with E-state index in [4.69, 9.17) is 21.1 Å². The van der Waals surface area contributed by atoms with Crippen molar-refractivity contribution >= 4 is 46.2 Å². The SMILES string of the molecule is CCOc1cccc(/C=C2/SC(=Nc3cccc(Cl)c3C)NC2=O)c1OC. The number of aliphatic imine (C=N–C) groups is 1. The van der Waals surface area contributed by atoms with E-state index in [0.717, 1.165) is 16.8 Å². The standard InChI is InChI=1S/C20H19ClN2O3S/c1-4-26-16-10-5-7-13(18(16)25-3)11-17-19(24)23-20(27-17)22-15-9-6-8-14(21)12(15)2/h5-11H,4H2,1-3H3,(H,22,23,24)/b17-11+. The van der Waals surface area contributed by atoms with E-state index in [2.05, 4.69) is 10.3 Å². The van der Waals surface area contributed by atoms with E-state index in [0.29, 0.717) is 33.2 Å². The molecule has 1 aliphatic rings. The minimum absolute atomic E-state index is 0.206. The van der Waals surface area contributed by atoms with E-state index in [-0.39, 0.29) is 5.91 Å². The predicted molar refractivity (Wildman–Crippen MR) is 111 cm³/mol. The third-order valence-corrected chi connectivity index (χ3v) is 5.23. The molecule has 0 aliphatic carbocycles. The fourth-order valence-electron chi connectivity index (χ4n) is 2.58. The van der Waals surface area contributed by atoms with Gasteiger partial charge >= 0.3 is 0 Å². The van der Waals surface area contributed by atoms with Crippen LogP contribution in [0.1, 0.15) is 18.1 Å². The second kappa shape index (κ2) is 8.50. The molecule has 0 unspecified atom stereocenters. The Morgan fingerprint density at radius 3 is 2.78 bits per heavy atom. The summed E-state index contributed by atoms with van der Waals surface area (Å²) >= 11 is 7.41. The second-order valence-electron chi connectivity index (χ2n) is 5.68. The first-order valence-corrected chi connectivity index (χ1v) is 9.57. The summed E-state index contributed by atoms with van der Waals surface area (Å²) in [6, 6.07) is 11.1. The number of nitrogens with zero attached hydrogens (tertiary/aromatic N) is 1. The first kappa shape index (κ1) is 19.3. The molecule has 1 aliphatic heterocycles. The highest BCUT2D eigenvalue weighted by Gasteiger charge is 2.25. The van der Waals surface area contributed by atoms with Crippen molar-refractivity contribution in [1.29, 1.82) is 0 Å². The number of ether oxygens (including phenoxy) is 2. The van der Waals surface area contributed by atoms with E-state index in [1.807, 2.05) is 50.2 Å². The van der Waals surface area contributed by atoms with Crippen LogP contribution < -0.4 is 14.8 Å². The van der Waals surface area contributed by atoms with Crippen molar-refractivity contribution in [2.75, 3.05) is 13.7 Å². The maximum atomic E-state index is 12.4. The van der Waals surface area contributed by atoms with Crippen molar-refractivity contribution in [2.45, 2.75) is 13.8 Å². The largest absolute Gasteiger partial charge is 0.492 e. The second-order valence-corrected chi connectivity index (χ2v) is 7.12.